The molecule has 0 saturated heterocycles. The molecule has 1 atom stereocenters. The van der Waals surface area contributed by atoms with Gasteiger partial charge in [-0.3, -0.25) is 9.78 Å². The number of hydrogen-bond acceptors (Lipinski definition) is 6. The van der Waals surface area contributed by atoms with Crippen LogP contribution in [0.4, 0.5) is 18.9 Å². The Morgan fingerprint density at radius 3 is 2.35 bits per heavy atom. The SMILES string of the molecule is COc1cc(NC(=O)C2COc3ccccc3O2)ccc1-c1ccncc1.O=C(O)C(F)(F)F. The van der Waals surface area contributed by atoms with Crippen LogP contribution < -0.4 is 19.5 Å². The first kappa shape index (κ1) is 24.4. The van der Waals surface area contributed by atoms with E-state index in [1.165, 1.54) is 0 Å². The number of amides is 1. The van der Waals surface area contributed by atoms with Crippen molar-refractivity contribution in [2.75, 3.05) is 19.0 Å². The first-order valence-corrected chi connectivity index (χ1v) is 9.77. The molecule has 1 aromatic heterocycles. The summed E-state index contributed by atoms with van der Waals surface area (Å²) in [6.07, 6.45) is -2.35. The van der Waals surface area contributed by atoms with Gasteiger partial charge in [0.25, 0.3) is 5.91 Å². The lowest BCUT2D eigenvalue weighted by Crippen LogP contribution is -2.40. The van der Waals surface area contributed by atoms with Crippen molar-refractivity contribution >= 4 is 17.6 Å². The molecule has 0 saturated carbocycles. The summed E-state index contributed by atoms with van der Waals surface area (Å²) in [4.78, 5) is 25.5. The quantitative estimate of drug-likeness (QED) is 0.582. The number of nitrogens with zero attached hydrogens (tertiary/aromatic N) is 1. The minimum atomic E-state index is -5.08. The van der Waals surface area contributed by atoms with E-state index in [4.69, 9.17) is 24.1 Å². The number of hydrogen-bond donors (Lipinski definition) is 2. The molecule has 2 N–H and O–H groups in total. The molecule has 8 nitrogen and oxygen atoms in total. The third kappa shape index (κ3) is 6.15. The summed E-state index contributed by atoms with van der Waals surface area (Å²) in [5, 5.41) is 9.98. The Labute approximate surface area is 191 Å². The lowest BCUT2D eigenvalue weighted by Gasteiger charge is -2.25. The molecule has 2 heterocycles. The minimum Gasteiger partial charge on any atom is -0.496 e. The van der Waals surface area contributed by atoms with Crippen LogP contribution in [0.15, 0.2) is 67.0 Å². The standard InChI is InChI=1S/C21H18N2O4.C2HF3O2/c1-25-19-12-15(6-7-16(19)14-8-10-22-11-9-14)23-21(24)20-13-26-17-4-2-3-5-18(17)27-20;3-2(4,5)1(6)7/h2-12,20H,13H2,1H3,(H,23,24);(H,6,7). The first-order chi connectivity index (χ1) is 16.2. The van der Waals surface area contributed by atoms with Gasteiger partial charge in [-0.2, -0.15) is 13.2 Å². The number of benzene rings is 2. The summed E-state index contributed by atoms with van der Waals surface area (Å²) in [6.45, 7) is 0.162. The highest BCUT2D eigenvalue weighted by Gasteiger charge is 2.38. The van der Waals surface area contributed by atoms with Crippen molar-refractivity contribution in [1.82, 2.24) is 4.98 Å². The molecule has 0 aliphatic carbocycles. The smallest absolute Gasteiger partial charge is 0.490 e. The fraction of sp³-hybridized carbons (Fsp3) is 0.174. The number of aromatic nitrogens is 1. The number of carboxylic acid groups (broad SMARTS) is 1. The van der Waals surface area contributed by atoms with Crippen molar-refractivity contribution in [2.45, 2.75) is 12.3 Å². The molecule has 0 fully saturated rings. The topological polar surface area (TPSA) is 107 Å². The third-order valence-corrected chi connectivity index (χ3v) is 4.50. The number of methoxy groups -OCH3 is 1. The molecule has 11 heteroatoms. The summed E-state index contributed by atoms with van der Waals surface area (Å²) in [5.41, 5.74) is 2.53. The van der Waals surface area contributed by atoms with E-state index in [2.05, 4.69) is 10.3 Å². The Hall–Kier alpha value is -4.28. The Morgan fingerprint density at radius 2 is 1.74 bits per heavy atom. The van der Waals surface area contributed by atoms with Gasteiger partial charge in [0.05, 0.1) is 7.11 Å². The number of pyridine rings is 1. The summed E-state index contributed by atoms with van der Waals surface area (Å²) in [6, 6.07) is 16.6. The van der Waals surface area contributed by atoms with Gasteiger partial charge in [-0.25, -0.2) is 4.79 Å². The lowest BCUT2D eigenvalue weighted by atomic mass is 10.1. The van der Waals surface area contributed by atoms with Gasteiger partial charge < -0.3 is 24.6 Å². The van der Waals surface area contributed by atoms with E-state index in [0.29, 0.717) is 22.9 Å². The number of aliphatic carboxylic acids is 1. The molecular formula is C23H19F3N2O6. The molecule has 34 heavy (non-hydrogen) atoms. The predicted molar refractivity (Wildman–Crippen MR) is 115 cm³/mol. The number of rotatable bonds is 4. The van der Waals surface area contributed by atoms with Crippen molar-refractivity contribution in [1.29, 1.82) is 0 Å². The lowest BCUT2D eigenvalue weighted by molar-refractivity contribution is -0.192. The van der Waals surface area contributed by atoms with Gasteiger partial charge in [-0.15, -0.1) is 0 Å². The molecule has 0 spiro atoms. The van der Waals surface area contributed by atoms with Crippen molar-refractivity contribution in [3.8, 4) is 28.4 Å². The number of fused-ring (bicyclic) bond motifs is 1. The van der Waals surface area contributed by atoms with Crippen LogP contribution in [-0.2, 0) is 9.59 Å². The second kappa shape index (κ2) is 10.6. The van der Waals surface area contributed by atoms with Crippen LogP contribution >= 0.6 is 0 Å². The highest BCUT2D eigenvalue weighted by atomic mass is 19.4. The van der Waals surface area contributed by atoms with Gasteiger partial charge >= 0.3 is 12.1 Å². The second-order valence-corrected chi connectivity index (χ2v) is 6.81. The van der Waals surface area contributed by atoms with Crippen LogP contribution in [0, 0.1) is 0 Å². The monoisotopic (exact) mass is 476 g/mol. The second-order valence-electron chi connectivity index (χ2n) is 6.81. The average molecular weight is 476 g/mol. The molecule has 1 aliphatic rings. The van der Waals surface area contributed by atoms with E-state index < -0.39 is 18.2 Å². The number of carbonyl (C=O) groups is 2. The van der Waals surface area contributed by atoms with Gasteiger partial charge in [0.1, 0.15) is 12.4 Å². The van der Waals surface area contributed by atoms with E-state index in [1.54, 1.807) is 31.6 Å². The third-order valence-electron chi connectivity index (χ3n) is 4.50. The maximum atomic E-state index is 12.6. The number of nitrogens with one attached hydrogen (secondary N) is 1. The summed E-state index contributed by atoms with van der Waals surface area (Å²) >= 11 is 0. The summed E-state index contributed by atoms with van der Waals surface area (Å²) < 4.78 is 48.6. The number of carbonyl (C=O) groups excluding carboxylic acids is 1. The van der Waals surface area contributed by atoms with E-state index in [0.717, 1.165) is 11.1 Å². The first-order valence-electron chi connectivity index (χ1n) is 9.77. The summed E-state index contributed by atoms with van der Waals surface area (Å²) in [7, 11) is 1.60. The number of halogens is 3. The molecule has 0 bridgehead atoms. The molecule has 1 aliphatic heterocycles. The number of anilines is 1. The van der Waals surface area contributed by atoms with Crippen molar-refractivity contribution in [3.05, 3.63) is 67.0 Å². The van der Waals surface area contributed by atoms with E-state index in [-0.39, 0.29) is 12.5 Å². The van der Waals surface area contributed by atoms with Gasteiger partial charge in [0.15, 0.2) is 11.5 Å². The molecule has 2 aromatic carbocycles. The molecule has 4 rings (SSSR count). The van der Waals surface area contributed by atoms with Crippen LogP contribution in [0.2, 0.25) is 0 Å². The van der Waals surface area contributed by atoms with Gasteiger partial charge in [-0.1, -0.05) is 12.1 Å². The zero-order valence-corrected chi connectivity index (χ0v) is 17.7. The Morgan fingerprint density at radius 1 is 1.09 bits per heavy atom. The van der Waals surface area contributed by atoms with Crippen LogP contribution in [0.5, 0.6) is 17.2 Å². The molecule has 178 valence electrons. The average Bonchev–Trinajstić information content (AvgIpc) is 2.84. The number of ether oxygens (including phenoxy) is 3. The van der Waals surface area contributed by atoms with Crippen molar-refractivity contribution in [2.24, 2.45) is 0 Å². The van der Waals surface area contributed by atoms with Crippen LogP contribution in [-0.4, -0.2) is 48.0 Å². The molecule has 1 amide bonds. The predicted octanol–water partition coefficient (Wildman–Crippen LogP) is 4.17. The minimum absolute atomic E-state index is 0.162. The van der Waals surface area contributed by atoms with E-state index in [9.17, 15) is 18.0 Å². The Balaban J connectivity index is 0.000000406. The molecular weight excluding hydrogens is 457 g/mol. The van der Waals surface area contributed by atoms with Gasteiger partial charge in [0, 0.05) is 29.7 Å². The van der Waals surface area contributed by atoms with Gasteiger partial charge in [-0.05, 0) is 42.0 Å². The zero-order chi connectivity index (χ0) is 24.7. The molecule has 3 aromatic rings. The van der Waals surface area contributed by atoms with Gasteiger partial charge in [0.2, 0.25) is 6.10 Å². The van der Waals surface area contributed by atoms with Crippen LogP contribution in [0.3, 0.4) is 0 Å². The number of alkyl halides is 3. The fourth-order valence-corrected chi connectivity index (χ4v) is 2.91. The van der Waals surface area contributed by atoms with E-state index >= 15 is 0 Å². The molecule has 1 unspecified atom stereocenters. The van der Waals surface area contributed by atoms with Crippen molar-refractivity contribution in [3.63, 3.8) is 0 Å². The maximum absolute atomic E-state index is 12.6. The Kier molecular flexibility index (Phi) is 7.57. The van der Waals surface area contributed by atoms with Crippen LogP contribution in [0.1, 0.15) is 0 Å². The van der Waals surface area contributed by atoms with Crippen LogP contribution in [0.25, 0.3) is 11.1 Å². The van der Waals surface area contributed by atoms with E-state index in [1.807, 2.05) is 42.5 Å². The maximum Gasteiger partial charge on any atom is 0.490 e. The zero-order valence-electron chi connectivity index (χ0n) is 17.7. The number of carboxylic acids is 1. The Bertz CT molecular complexity index is 1150. The highest BCUT2D eigenvalue weighted by Crippen LogP contribution is 2.33. The normalized spacial score (nSPS) is 14.3. The summed E-state index contributed by atoms with van der Waals surface area (Å²) in [5.74, 6) is -1.17. The largest absolute Gasteiger partial charge is 0.496 e. The number of para-hydroxylation sites is 2. The fourth-order valence-electron chi connectivity index (χ4n) is 2.91. The van der Waals surface area contributed by atoms with Crippen molar-refractivity contribution < 1.29 is 42.1 Å². The highest BCUT2D eigenvalue weighted by molar-refractivity contribution is 5.95. The molecule has 0 radical (unpaired) electrons.